The maximum Gasteiger partial charge on any atom is 0.375 e. The number of H-pyrrole nitrogens is 1. The maximum absolute atomic E-state index is 11.1. The molecule has 17 heavy (non-hydrogen) atoms. The van der Waals surface area contributed by atoms with Gasteiger partial charge in [0.05, 0.1) is 7.11 Å². The van der Waals surface area contributed by atoms with Crippen LogP contribution >= 0.6 is 0 Å². The van der Waals surface area contributed by atoms with Crippen LogP contribution in [0.25, 0.3) is 0 Å². The van der Waals surface area contributed by atoms with Crippen molar-refractivity contribution < 1.29 is 9.53 Å². The van der Waals surface area contributed by atoms with E-state index >= 15 is 0 Å². The van der Waals surface area contributed by atoms with Gasteiger partial charge in [0, 0.05) is 24.2 Å². The van der Waals surface area contributed by atoms with E-state index in [1.54, 1.807) is 24.7 Å². The Labute approximate surface area is 96.6 Å². The number of aromatic amines is 1. The molecule has 0 fully saturated rings. The first kappa shape index (κ1) is 10.9. The molecule has 2 heterocycles. The van der Waals surface area contributed by atoms with Crippen molar-refractivity contribution in [1.82, 2.24) is 20.2 Å². The van der Waals surface area contributed by atoms with Crippen molar-refractivity contribution in [3.05, 3.63) is 35.9 Å². The number of carbonyl (C=O) groups is 1. The fourth-order valence-electron chi connectivity index (χ4n) is 1.08. The van der Waals surface area contributed by atoms with Crippen molar-refractivity contribution >= 4 is 18.1 Å². The zero-order valence-corrected chi connectivity index (χ0v) is 8.99. The molecule has 0 atom stereocenters. The van der Waals surface area contributed by atoms with E-state index in [-0.39, 0.29) is 11.8 Å². The summed E-state index contributed by atoms with van der Waals surface area (Å²) in [7, 11) is 1.27. The quantitative estimate of drug-likeness (QED) is 0.621. The lowest BCUT2D eigenvalue weighted by atomic mass is 10.3. The molecule has 2 aromatic rings. The molecule has 0 bridgehead atoms. The van der Waals surface area contributed by atoms with Gasteiger partial charge in [0.25, 0.3) is 5.95 Å². The lowest BCUT2D eigenvalue weighted by Crippen LogP contribution is -2.03. The Kier molecular flexibility index (Phi) is 3.20. The molecule has 0 aliphatic heterocycles. The third-order valence-corrected chi connectivity index (χ3v) is 1.87. The van der Waals surface area contributed by atoms with Gasteiger partial charge in [0.2, 0.25) is 5.82 Å². The summed E-state index contributed by atoms with van der Waals surface area (Å²) in [5.74, 6) is -0.402. The number of aromatic nitrogens is 4. The second-order valence-electron chi connectivity index (χ2n) is 3.02. The third kappa shape index (κ3) is 2.71. The summed E-state index contributed by atoms with van der Waals surface area (Å²) < 4.78 is 4.48. The lowest BCUT2D eigenvalue weighted by Gasteiger charge is -1.89. The summed E-state index contributed by atoms with van der Waals surface area (Å²) in [4.78, 5) is 22.8. The van der Waals surface area contributed by atoms with Gasteiger partial charge in [-0.15, -0.1) is 5.10 Å². The molecule has 0 radical (unpaired) electrons. The van der Waals surface area contributed by atoms with Crippen molar-refractivity contribution in [2.45, 2.75) is 0 Å². The first-order chi connectivity index (χ1) is 8.29. The molecule has 0 spiro atoms. The summed E-state index contributed by atoms with van der Waals surface area (Å²) in [6.45, 7) is 0. The zero-order valence-electron chi connectivity index (χ0n) is 8.99. The monoisotopic (exact) mass is 231 g/mol. The van der Waals surface area contributed by atoms with E-state index in [2.05, 4.69) is 29.9 Å². The van der Waals surface area contributed by atoms with Crippen LogP contribution in [-0.4, -0.2) is 39.5 Å². The van der Waals surface area contributed by atoms with Crippen LogP contribution in [0.2, 0.25) is 0 Å². The summed E-state index contributed by atoms with van der Waals surface area (Å²) in [6, 6.07) is 3.63. The predicted molar refractivity (Wildman–Crippen MR) is 59.2 cm³/mol. The van der Waals surface area contributed by atoms with Crippen molar-refractivity contribution in [3.63, 3.8) is 0 Å². The van der Waals surface area contributed by atoms with Crippen LogP contribution in [-0.2, 0) is 4.74 Å². The fraction of sp³-hybridized carbons (Fsp3) is 0.100. The summed E-state index contributed by atoms with van der Waals surface area (Å²) in [6.07, 6.45) is 4.87. The van der Waals surface area contributed by atoms with Gasteiger partial charge in [0.15, 0.2) is 0 Å². The minimum atomic E-state index is -0.583. The van der Waals surface area contributed by atoms with Crippen molar-refractivity contribution in [2.75, 3.05) is 7.11 Å². The van der Waals surface area contributed by atoms with Crippen LogP contribution in [0.3, 0.4) is 0 Å². The van der Waals surface area contributed by atoms with E-state index in [1.165, 1.54) is 7.11 Å². The SMILES string of the molecule is COC(=O)c1nc(N=Cc2cccnc2)n[nH]1. The average Bonchev–Trinajstić information content (AvgIpc) is 2.85. The molecule has 0 saturated heterocycles. The Morgan fingerprint density at radius 2 is 2.47 bits per heavy atom. The molecule has 0 amide bonds. The molecule has 2 rings (SSSR count). The van der Waals surface area contributed by atoms with Crippen LogP contribution in [0.4, 0.5) is 5.95 Å². The van der Waals surface area contributed by atoms with Gasteiger partial charge in [-0.2, -0.15) is 4.98 Å². The highest BCUT2D eigenvalue weighted by Gasteiger charge is 2.10. The van der Waals surface area contributed by atoms with Crippen LogP contribution in [0.5, 0.6) is 0 Å². The molecule has 7 heteroatoms. The molecule has 0 unspecified atom stereocenters. The van der Waals surface area contributed by atoms with E-state index < -0.39 is 5.97 Å². The standard InChI is InChI=1S/C10H9N5O2/c1-17-9(16)8-13-10(15-14-8)12-6-7-3-2-4-11-5-7/h2-6H,1H3,(H,13,14,15). The highest BCUT2D eigenvalue weighted by molar-refractivity contribution is 5.85. The second kappa shape index (κ2) is 4.97. The number of hydrogen-bond acceptors (Lipinski definition) is 6. The minimum absolute atomic E-state index is 0.0193. The number of carbonyl (C=O) groups excluding carboxylic acids is 1. The number of hydrogen-bond donors (Lipinski definition) is 1. The Morgan fingerprint density at radius 1 is 1.59 bits per heavy atom. The predicted octanol–water partition coefficient (Wildman–Crippen LogP) is 0.737. The number of nitrogens with one attached hydrogen (secondary N) is 1. The molecule has 1 N–H and O–H groups in total. The van der Waals surface area contributed by atoms with Crippen LogP contribution < -0.4 is 0 Å². The number of pyridine rings is 1. The molecule has 0 aliphatic rings. The Morgan fingerprint density at radius 3 is 3.18 bits per heavy atom. The van der Waals surface area contributed by atoms with Gasteiger partial charge in [0.1, 0.15) is 0 Å². The number of nitrogens with zero attached hydrogens (tertiary/aromatic N) is 4. The fourth-order valence-corrected chi connectivity index (χ4v) is 1.08. The Bertz CT molecular complexity index is 535. The highest BCUT2D eigenvalue weighted by atomic mass is 16.5. The Balaban J connectivity index is 2.12. The van der Waals surface area contributed by atoms with Crippen LogP contribution in [0.1, 0.15) is 16.2 Å². The summed E-state index contributed by atoms with van der Waals surface area (Å²) in [5, 5.41) is 6.17. The van der Waals surface area contributed by atoms with Crippen molar-refractivity contribution in [2.24, 2.45) is 4.99 Å². The van der Waals surface area contributed by atoms with Gasteiger partial charge in [-0.25, -0.2) is 9.79 Å². The molecule has 2 aromatic heterocycles. The first-order valence-corrected chi connectivity index (χ1v) is 4.74. The Hall–Kier alpha value is -2.57. The van der Waals surface area contributed by atoms with Crippen LogP contribution in [0, 0.1) is 0 Å². The molecule has 7 nitrogen and oxygen atoms in total. The van der Waals surface area contributed by atoms with E-state index in [0.29, 0.717) is 0 Å². The third-order valence-electron chi connectivity index (χ3n) is 1.87. The number of methoxy groups -OCH3 is 1. The number of ether oxygens (including phenoxy) is 1. The largest absolute Gasteiger partial charge is 0.463 e. The minimum Gasteiger partial charge on any atom is -0.463 e. The summed E-state index contributed by atoms with van der Waals surface area (Å²) >= 11 is 0. The smallest absolute Gasteiger partial charge is 0.375 e. The number of esters is 1. The molecule has 0 aromatic carbocycles. The number of aliphatic imine (C=N–C) groups is 1. The molecule has 86 valence electrons. The topological polar surface area (TPSA) is 93.1 Å². The normalized spacial score (nSPS) is 10.6. The maximum atomic E-state index is 11.1. The molecular formula is C10H9N5O2. The van der Waals surface area contributed by atoms with Crippen LogP contribution in [0.15, 0.2) is 29.5 Å². The number of rotatable bonds is 3. The van der Waals surface area contributed by atoms with E-state index in [9.17, 15) is 4.79 Å². The van der Waals surface area contributed by atoms with Gasteiger partial charge in [-0.3, -0.25) is 10.1 Å². The highest BCUT2D eigenvalue weighted by Crippen LogP contribution is 2.04. The van der Waals surface area contributed by atoms with Crippen molar-refractivity contribution in [3.8, 4) is 0 Å². The van der Waals surface area contributed by atoms with Crippen molar-refractivity contribution in [1.29, 1.82) is 0 Å². The second-order valence-corrected chi connectivity index (χ2v) is 3.02. The lowest BCUT2D eigenvalue weighted by molar-refractivity contribution is 0.0587. The average molecular weight is 231 g/mol. The molecule has 0 saturated carbocycles. The van der Waals surface area contributed by atoms with E-state index in [4.69, 9.17) is 0 Å². The van der Waals surface area contributed by atoms with Gasteiger partial charge < -0.3 is 4.74 Å². The summed E-state index contributed by atoms with van der Waals surface area (Å²) in [5.41, 5.74) is 0.817. The zero-order chi connectivity index (χ0) is 12.1. The molecular weight excluding hydrogens is 222 g/mol. The first-order valence-electron chi connectivity index (χ1n) is 4.74. The molecule has 0 aliphatic carbocycles. The van der Waals surface area contributed by atoms with Gasteiger partial charge in [-0.1, -0.05) is 6.07 Å². The van der Waals surface area contributed by atoms with E-state index in [1.807, 2.05) is 6.07 Å². The van der Waals surface area contributed by atoms with Gasteiger partial charge in [-0.05, 0) is 6.07 Å². The van der Waals surface area contributed by atoms with Gasteiger partial charge >= 0.3 is 5.97 Å². The van der Waals surface area contributed by atoms with E-state index in [0.717, 1.165) is 5.56 Å².